The first kappa shape index (κ1) is 17.7. The first-order chi connectivity index (χ1) is 11.1. The average Bonchev–Trinajstić information content (AvgIpc) is 2.75. The van der Waals surface area contributed by atoms with Crippen molar-refractivity contribution in [3.05, 3.63) is 39.4 Å². The van der Waals surface area contributed by atoms with Crippen molar-refractivity contribution in [3.63, 3.8) is 0 Å². The molecule has 1 atom stereocenters. The standard InChI is InChI=1S/C14H14F3N3O4/c1-8-4-9(2-3-11(8)20(23)24)13(22)18-10-5-12(21)19(6-10)7-14(15,16)17/h2-4,10H,5-7H2,1H3,(H,18,22)/t10-/m1/s1. The Morgan fingerprint density at radius 1 is 1.46 bits per heavy atom. The fraction of sp³-hybridized carbons (Fsp3) is 0.429. The van der Waals surface area contributed by atoms with Crippen molar-refractivity contribution >= 4 is 17.5 Å². The Balaban J connectivity index is 2.02. The van der Waals surface area contributed by atoms with Gasteiger partial charge in [0.15, 0.2) is 0 Å². The number of aryl methyl sites for hydroxylation is 1. The highest BCUT2D eigenvalue weighted by atomic mass is 19.4. The number of hydrogen-bond acceptors (Lipinski definition) is 4. The summed E-state index contributed by atoms with van der Waals surface area (Å²) in [5.41, 5.74) is 0.285. The second-order valence-corrected chi connectivity index (χ2v) is 5.52. The normalized spacial score (nSPS) is 17.9. The number of hydrogen-bond donors (Lipinski definition) is 1. The number of nitrogens with zero attached hydrogens (tertiary/aromatic N) is 2. The van der Waals surface area contributed by atoms with Crippen LogP contribution in [-0.2, 0) is 4.79 Å². The van der Waals surface area contributed by atoms with Crippen LogP contribution < -0.4 is 5.32 Å². The van der Waals surface area contributed by atoms with Gasteiger partial charge in [-0.15, -0.1) is 0 Å². The number of halogens is 3. The van der Waals surface area contributed by atoms with Crippen molar-refractivity contribution in [2.45, 2.75) is 25.6 Å². The second-order valence-electron chi connectivity index (χ2n) is 5.52. The molecule has 130 valence electrons. The highest BCUT2D eigenvalue weighted by molar-refractivity contribution is 5.95. The number of likely N-dealkylation sites (tertiary alicyclic amines) is 1. The van der Waals surface area contributed by atoms with Crippen molar-refractivity contribution < 1.29 is 27.7 Å². The lowest BCUT2D eigenvalue weighted by atomic mass is 10.1. The Bertz CT molecular complexity index is 690. The van der Waals surface area contributed by atoms with Crippen LogP contribution in [0.25, 0.3) is 0 Å². The average molecular weight is 345 g/mol. The lowest BCUT2D eigenvalue weighted by Gasteiger charge is -2.18. The molecular weight excluding hydrogens is 331 g/mol. The molecule has 2 amide bonds. The summed E-state index contributed by atoms with van der Waals surface area (Å²) in [4.78, 5) is 34.5. The smallest absolute Gasteiger partial charge is 0.347 e. The molecule has 10 heteroatoms. The van der Waals surface area contributed by atoms with E-state index < -0.39 is 35.5 Å². The van der Waals surface area contributed by atoms with Crippen molar-refractivity contribution in [2.75, 3.05) is 13.1 Å². The lowest BCUT2D eigenvalue weighted by Crippen LogP contribution is -2.39. The van der Waals surface area contributed by atoms with Crippen LogP contribution >= 0.6 is 0 Å². The molecule has 0 bridgehead atoms. The van der Waals surface area contributed by atoms with Crippen LogP contribution in [0, 0.1) is 17.0 Å². The van der Waals surface area contributed by atoms with Gasteiger partial charge in [0.25, 0.3) is 11.6 Å². The summed E-state index contributed by atoms with van der Waals surface area (Å²) >= 11 is 0. The zero-order valence-corrected chi connectivity index (χ0v) is 12.6. The van der Waals surface area contributed by atoms with Gasteiger partial charge in [0.05, 0.1) is 11.0 Å². The lowest BCUT2D eigenvalue weighted by molar-refractivity contribution is -0.385. The fourth-order valence-corrected chi connectivity index (χ4v) is 2.51. The van der Waals surface area contributed by atoms with E-state index in [-0.39, 0.29) is 29.8 Å². The Morgan fingerprint density at radius 2 is 2.12 bits per heavy atom. The summed E-state index contributed by atoms with van der Waals surface area (Å²) in [5, 5.41) is 13.2. The monoisotopic (exact) mass is 345 g/mol. The van der Waals surface area contributed by atoms with E-state index in [9.17, 15) is 32.9 Å². The van der Waals surface area contributed by atoms with Gasteiger partial charge < -0.3 is 10.2 Å². The molecule has 24 heavy (non-hydrogen) atoms. The number of nitrogens with one attached hydrogen (secondary N) is 1. The highest BCUT2D eigenvalue weighted by Gasteiger charge is 2.38. The van der Waals surface area contributed by atoms with E-state index in [1.165, 1.54) is 25.1 Å². The van der Waals surface area contributed by atoms with Gasteiger partial charge in [0.1, 0.15) is 6.54 Å². The van der Waals surface area contributed by atoms with Crippen molar-refractivity contribution in [2.24, 2.45) is 0 Å². The van der Waals surface area contributed by atoms with E-state index in [1.54, 1.807) is 0 Å². The first-order valence-corrected chi connectivity index (χ1v) is 6.97. The van der Waals surface area contributed by atoms with Crippen LogP contribution in [0.5, 0.6) is 0 Å². The van der Waals surface area contributed by atoms with Crippen LogP contribution in [0.15, 0.2) is 18.2 Å². The highest BCUT2D eigenvalue weighted by Crippen LogP contribution is 2.22. The molecule has 1 aromatic rings. The molecule has 0 aliphatic carbocycles. The summed E-state index contributed by atoms with van der Waals surface area (Å²) in [7, 11) is 0. The number of alkyl halides is 3. The van der Waals surface area contributed by atoms with E-state index in [1.807, 2.05) is 0 Å². The molecule has 0 aromatic heterocycles. The third-order valence-corrected chi connectivity index (χ3v) is 3.58. The predicted molar refractivity (Wildman–Crippen MR) is 76.3 cm³/mol. The third kappa shape index (κ3) is 4.21. The molecule has 1 aliphatic rings. The number of nitro benzene ring substituents is 1. The zero-order valence-electron chi connectivity index (χ0n) is 12.6. The van der Waals surface area contributed by atoms with Gasteiger partial charge in [-0.1, -0.05) is 0 Å². The number of nitro groups is 1. The summed E-state index contributed by atoms with van der Waals surface area (Å²) in [6.45, 7) is -0.107. The van der Waals surface area contributed by atoms with Gasteiger partial charge in [0, 0.05) is 30.2 Å². The molecule has 0 unspecified atom stereocenters. The van der Waals surface area contributed by atoms with Crippen molar-refractivity contribution in [1.29, 1.82) is 0 Å². The minimum Gasteiger partial charge on any atom is -0.347 e. The molecule has 0 spiro atoms. The van der Waals surface area contributed by atoms with Gasteiger partial charge >= 0.3 is 6.18 Å². The fourth-order valence-electron chi connectivity index (χ4n) is 2.51. The molecule has 1 N–H and O–H groups in total. The third-order valence-electron chi connectivity index (χ3n) is 3.58. The van der Waals surface area contributed by atoms with Crippen molar-refractivity contribution in [3.8, 4) is 0 Å². The van der Waals surface area contributed by atoms with E-state index >= 15 is 0 Å². The minimum atomic E-state index is -4.50. The van der Waals surface area contributed by atoms with E-state index in [2.05, 4.69) is 5.32 Å². The Hall–Kier alpha value is -2.65. The molecule has 1 aromatic carbocycles. The number of benzene rings is 1. The molecule has 0 saturated carbocycles. The van der Waals surface area contributed by atoms with Gasteiger partial charge in [-0.3, -0.25) is 19.7 Å². The van der Waals surface area contributed by atoms with Crippen LogP contribution in [0.4, 0.5) is 18.9 Å². The molecule has 1 heterocycles. The summed E-state index contributed by atoms with van der Waals surface area (Å²) in [6.07, 6.45) is -4.71. The van der Waals surface area contributed by atoms with E-state index in [0.717, 1.165) is 0 Å². The molecule has 0 radical (unpaired) electrons. The minimum absolute atomic E-state index is 0.139. The van der Waals surface area contributed by atoms with Gasteiger partial charge in [-0.25, -0.2) is 0 Å². The zero-order chi connectivity index (χ0) is 18.1. The number of rotatable bonds is 4. The number of carbonyl (C=O) groups is 2. The topological polar surface area (TPSA) is 92.6 Å². The Kier molecular flexibility index (Phi) is 4.76. The van der Waals surface area contributed by atoms with Crippen molar-refractivity contribution in [1.82, 2.24) is 10.2 Å². The molecule has 1 aliphatic heterocycles. The molecular formula is C14H14F3N3O4. The quantitative estimate of drug-likeness (QED) is 0.665. The number of amides is 2. The van der Waals surface area contributed by atoms with Crippen LogP contribution in [0.1, 0.15) is 22.3 Å². The van der Waals surface area contributed by atoms with Crippen LogP contribution in [0.2, 0.25) is 0 Å². The summed E-state index contributed by atoms with van der Waals surface area (Å²) < 4.78 is 37.0. The maximum absolute atomic E-state index is 12.3. The number of carbonyl (C=O) groups excluding carboxylic acids is 2. The van der Waals surface area contributed by atoms with Gasteiger partial charge in [-0.05, 0) is 19.1 Å². The second kappa shape index (κ2) is 6.46. The van der Waals surface area contributed by atoms with Gasteiger partial charge in [-0.2, -0.15) is 13.2 Å². The summed E-state index contributed by atoms with van der Waals surface area (Å²) in [5.74, 6) is -1.28. The predicted octanol–water partition coefficient (Wildman–Crippen LogP) is 1.80. The van der Waals surface area contributed by atoms with E-state index in [4.69, 9.17) is 0 Å². The molecule has 1 fully saturated rings. The van der Waals surface area contributed by atoms with E-state index in [0.29, 0.717) is 4.90 Å². The SMILES string of the molecule is Cc1cc(C(=O)N[C@@H]2CC(=O)N(CC(F)(F)F)C2)ccc1[N+](=O)[O-]. The molecule has 7 nitrogen and oxygen atoms in total. The maximum Gasteiger partial charge on any atom is 0.406 e. The summed E-state index contributed by atoms with van der Waals surface area (Å²) in [6, 6.07) is 3.02. The largest absolute Gasteiger partial charge is 0.406 e. The first-order valence-electron chi connectivity index (χ1n) is 6.97. The molecule has 1 saturated heterocycles. The maximum atomic E-state index is 12.3. The Morgan fingerprint density at radius 3 is 2.67 bits per heavy atom. The van der Waals surface area contributed by atoms with Gasteiger partial charge in [0.2, 0.25) is 5.91 Å². The molecule has 2 rings (SSSR count). The Labute approximate surface area is 134 Å². The van der Waals surface area contributed by atoms with Crippen LogP contribution in [0.3, 0.4) is 0 Å². The van der Waals surface area contributed by atoms with Crippen LogP contribution in [-0.4, -0.2) is 46.9 Å².